The highest BCUT2D eigenvalue weighted by Crippen LogP contribution is 2.23. The van der Waals surface area contributed by atoms with E-state index in [0.29, 0.717) is 17.3 Å². The van der Waals surface area contributed by atoms with E-state index in [2.05, 4.69) is 10.3 Å². The largest absolute Gasteiger partial charge is 0.390 e. The number of fused-ring (bicyclic) bond motifs is 1. The van der Waals surface area contributed by atoms with Crippen LogP contribution >= 0.6 is 11.6 Å². The van der Waals surface area contributed by atoms with E-state index in [4.69, 9.17) is 11.6 Å². The Labute approximate surface area is 127 Å². The van der Waals surface area contributed by atoms with Crippen molar-refractivity contribution in [2.24, 2.45) is 0 Å². The normalized spacial score (nSPS) is 13.9. The van der Waals surface area contributed by atoms with Gasteiger partial charge in [0.2, 0.25) is 5.91 Å². The quantitative estimate of drug-likeness (QED) is 0.736. The monoisotopic (exact) mass is 308 g/mol. The third-order valence-electron chi connectivity index (χ3n) is 3.20. The fraction of sp³-hybridized carbons (Fsp3) is 0.333. The Balaban J connectivity index is 2.09. The van der Waals surface area contributed by atoms with E-state index in [1.165, 1.54) is 6.92 Å². The molecule has 0 spiro atoms. The Morgan fingerprint density at radius 2 is 2.10 bits per heavy atom. The van der Waals surface area contributed by atoms with Gasteiger partial charge in [-0.05, 0) is 36.2 Å². The fourth-order valence-electron chi connectivity index (χ4n) is 2.08. The second-order valence-electron chi connectivity index (χ2n) is 4.87. The highest BCUT2D eigenvalue weighted by Gasteiger charge is 2.18. The van der Waals surface area contributed by atoms with E-state index in [1.54, 1.807) is 24.3 Å². The molecule has 1 amide bonds. The lowest BCUT2D eigenvalue weighted by Gasteiger charge is -2.18. The number of benzene rings is 1. The molecule has 0 radical (unpaired) electrons. The van der Waals surface area contributed by atoms with Crippen molar-refractivity contribution in [1.29, 1.82) is 0 Å². The SMILES string of the molecule is CC(=O)NCCC(O)C(O)c1ccc2nc(Cl)ccc2c1. The van der Waals surface area contributed by atoms with Crippen molar-refractivity contribution in [1.82, 2.24) is 10.3 Å². The van der Waals surface area contributed by atoms with Crippen molar-refractivity contribution in [3.05, 3.63) is 41.0 Å². The molecule has 3 N–H and O–H groups in total. The lowest BCUT2D eigenvalue weighted by Crippen LogP contribution is -2.27. The van der Waals surface area contributed by atoms with Gasteiger partial charge in [-0.25, -0.2) is 4.98 Å². The molecule has 0 fully saturated rings. The maximum absolute atomic E-state index is 10.8. The first kappa shape index (κ1) is 15.7. The summed E-state index contributed by atoms with van der Waals surface area (Å²) in [6, 6.07) is 8.71. The number of pyridine rings is 1. The van der Waals surface area contributed by atoms with Crippen LogP contribution in [0.1, 0.15) is 25.0 Å². The van der Waals surface area contributed by atoms with Gasteiger partial charge < -0.3 is 15.5 Å². The molecule has 2 atom stereocenters. The molecule has 0 saturated carbocycles. The maximum Gasteiger partial charge on any atom is 0.216 e. The third-order valence-corrected chi connectivity index (χ3v) is 3.41. The predicted octanol–water partition coefficient (Wildman–Crippen LogP) is 1.81. The van der Waals surface area contributed by atoms with Crippen LogP contribution in [-0.4, -0.2) is 33.8 Å². The van der Waals surface area contributed by atoms with E-state index in [-0.39, 0.29) is 12.3 Å². The molecule has 1 aromatic carbocycles. The number of aliphatic hydroxyl groups excluding tert-OH is 2. The average Bonchev–Trinajstić information content (AvgIpc) is 2.45. The third kappa shape index (κ3) is 4.14. The lowest BCUT2D eigenvalue weighted by atomic mass is 10.0. The minimum atomic E-state index is -1.01. The van der Waals surface area contributed by atoms with Crippen molar-refractivity contribution in [3.8, 4) is 0 Å². The summed E-state index contributed by atoms with van der Waals surface area (Å²) >= 11 is 5.82. The number of hydrogen-bond donors (Lipinski definition) is 3. The van der Waals surface area contributed by atoms with Crippen LogP contribution in [0.5, 0.6) is 0 Å². The van der Waals surface area contributed by atoms with Gasteiger partial charge >= 0.3 is 0 Å². The second-order valence-corrected chi connectivity index (χ2v) is 5.26. The molecular formula is C15H17ClN2O3. The Kier molecular flexibility index (Phi) is 5.12. The topological polar surface area (TPSA) is 82.5 Å². The van der Waals surface area contributed by atoms with E-state index in [9.17, 15) is 15.0 Å². The van der Waals surface area contributed by atoms with Crippen LogP contribution in [0, 0.1) is 0 Å². The number of carbonyl (C=O) groups excluding carboxylic acids is 1. The molecule has 0 bridgehead atoms. The fourth-order valence-corrected chi connectivity index (χ4v) is 2.23. The van der Waals surface area contributed by atoms with Crippen LogP contribution in [0.15, 0.2) is 30.3 Å². The highest BCUT2D eigenvalue weighted by atomic mass is 35.5. The molecule has 0 saturated heterocycles. The number of nitrogens with zero attached hydrogens (tertiary/aromatic N) is 1. The van der Waals surface area contributed by atoms with Crippen LogP contribution < -0.4 is 5.32 Å². The first-order chi connectivity index (χ1) is 9.97. The Morgan fingerprint density at radius 3 is 2.81 bits per heavy atom. The number of rotatable bonds is 5. The molecule has 1 aromatic heterocycles. The van der Waals surface area contributed by atoms with Crippen LogP contribution in [0.2, 0.25) is 5.15 Å². The molecule has 0 aliphatic heterocycles. The molecule has 0 aliphatic rings. The number of halogens is 1. The molecule has 0 aliphatic carbocycles. The summed E-state index contributed by atoms with van der Waals surface area (Å²) < 4.78 is 0. The number of carbonyl (C=O) groups is 1. The van der Waals surface area contributed by atoms with Gasteiger partial charge in [0.25, 0.3) is 0 Å². The van der Waals surface area contributed by atoms with Gasteiger partial charge in [-0.1, -0.05) is 17.7 Å². The Morgan fingerprint density at radius 1 is 1.33 bits per heavy atom. The van der Waals surface area contributed by atoms with Gasteiger partial charge in [-0.15, -0.1) is 0 Å². The molecule has 21 heavy (non-hydrogen) atoms. The number of amides is 1. The molecule has 2 aromatic rings. The van der Waals surface area contributed by atoms with Crippen LogP contribution in [-0.2, 0) is 4.79 Å². The summed E-state index contributed by atoms with van der Waals surface area (Å²) in [5.41, 5.74) is 1.33. The lowest BCUT2D eigenvalue weighted by molar-refractivity contribution is -0.119. The molecule has 2 rings (SSSR count). The van der Waals surface area contributed by atoms with Gasteiger partial charge in [0.1, 0.15) is 11.3 Å². The van der Waals surface area contributed by atoms with E-state index < -0.39 is 12.2 Å². The highest BCUT2D eigenvalue weighted by molar-refractivity contribution is 6.29. The standard InChI is InChI=1S/C15H17ClN2O3/c1-9(19)17-7-6-13(20)15(21)11-2-4-12-10(8-11)3-5-14(16)18-12/h2-5,8,13,15,20-21H,6-7H2,1H3,(H,17,19). The van der Waals surface area contributed by atoms with Crippen LogP contribution in [0.3, 0.4) is 0 Å². The molecule has 5 nitrogen and oxygen atoms in total. The van der Waals surface area contributed by atoms with Crippen molar-refractivity contribution in [3.63, 3.8) is 0 Å². The van der Waals surface area contributed by atoms with E-state index in [1.807, 2.05) is 6.07 Å². The first-order valence-electron chi connectivity index (χ1n) is 6.64. The summed E-state index contributed by atoms with van der Waals surface area (Å²) in [5.74, 6) is -0.162. The van der Waals surface area contributed by atoms with Crippen molar-refractivity contribution in [2.75, 3.05) is 6.54 Å². The van der Waals surface area contributed by atoms with Gasteiger partial charge in [0.15, 0.2) is 0 Å². The Bertz CT molecular complexity index is 648. The zero-order valence-electron chi connectivity index (χ0n) is 11.6. The van der Waals surface area contributed by atoms with Gasteiger partial charge in [-0.3, -0.25) is 4.79 Å². The zero-order chi connectivity index (χ0) is 15.4. The zero-order valence-corrected chi connectivity index (χ0v) is 12.3. The summed E-state index contributed by atoms with van der Waals surface area (Å²) in [7, 11) is 0. The second kappa shape index (κ2) is 6.85. The summed E-state index contributed by atoms with van der Waals surface area (Å²) in [6.07, 6.45) is -1.69. The van der Waals surface area contributed by atoms with Crippen molar-refractivity contribution < 1.29 is 15.0 Å². The van der Waals surface area contributed by atoms with Gasteiger partial charge in [0.05, 0.1) is 11.6 Å². The number of aliphatic hydroxyl groups is 2. The van der Waals surface area contributed by atoms with Gasteiger partial charge in [0, 0.05) is 18.9 Å². The number of nitrogens with one attached hydrogen (secondary N) is 1. The Hall–Kier alpha value is -1.69. The molecule has 2 unspecified atom stereocenters. The summed E-state index contributed by atoms with van der Waals surface area (Å²) in [6.45, 7) is 1.72. The number of hydrogen-bond acceptors (Lipinski definition) is 4. The maximum atomic E-state index is 10.8. The average molecular weight is 309 g/mol. The molecule has 1 heterocycles. The van der Waals surface area contributed by atoms with E-state index >= 15 is 0 Å². The predicted molar refractivity (Wildman–Crippen MR) is 81.0 cm³/mol. The summed E-state index contributed by atoms with van der Waals surface area (Å²) in [4.78, 5) is 14.9. The molecule has 6 heteroatoms. The molecular weight excluding hydrogens is 292 g/mol. The minimum absolute atomic E-state index is 0.162. The van der Waals surface area contributed by atoms with E-state index in [0.717, 1.165) is 10.9 Å². The van der Waals surface area contributed by atoms with Crippen LogP contribution in [0.4, 0.5) is 0 Å². The van der Waals surface area contributed by atoms with Crippen molar-refractivity contribution >= 4 is 28.4 Å². The van der Waals surface area contributed by atoms with Gasteiger partial charge in [-0.2, -0.15) is 0 Å². The smallest absolute Gasteiger partial charge is 0.216 e. The first-order valence-corrected chi connectivity index (χ1v) is 7.02. The summed E-state index contributed by atoms with van der Waals surface area (Å²) in [5, 5.41) is 24.0. The number of aromatic nitrogens is 1. The minimum Gasteiger partial charge on any atom is -0.390 e. The van der Waals surface area contributed by atoms with Crippen LogP contribution in [0.25, 0.3) is 10.9 Å². The van der Waals surface area contributed by atoms with Crippen molar-refractivity contribution in [2.45, 2.75) is 25.6 Å². The molecule has 112 valence electrons.